The molecule has 9 nitrogen and oxygen atoms in total. The van der Waals surface area contributed by atoms with Crippen LogP contribution in [0.25, 0.3) is 0 Å². The third-order valence-corrected chi connectivity index (χ3v) is 5.88. The van der Waals surface area contributed by atoms with Crippen molar-refractivity contribution in [2.75, 3.05) is 19.4 Å². The number of furan rings is 1. The summed E-state index contributed by atoms with van der Waals surface area (Å²) in [5.74, 6) is 0.504. The maximum atomic E-state index is 12.5. The SMILES string of the molecule is CN(C)C(=O)c1c(Br)ccc(NC2=NS(=O)N=C2N[C@@H](c2ccco2)C(C)(C)C)c1O. The van der Waals surface area contributed by atoms with E-state index in [-0.39, 0.29) is 46.0 Å². The van der Waals surface area contributed by atoms with Crippen LogP contribution in [0.2, 0.25) is 0 Å². The molecule has 0 bridgehead atoms. The fourth-order valence-corrected chi connectivity index (χ4v) is 4.08. The lowest BCUT2D eigenvalue weighted by molar-refractivity contribution is 0.0824. The first-order valence-electron chi connectivity index (χ1n) is 9.39. The highest BCUT2D eigenvalue weighted by molar-refractivity contribution is 9.10. The first kappa shape index (κ1) is 23.0. The molecule has 1 unspecified atom stereocenters. The average Bonchev–Trinajstić information content (AvgIpc) is 3.30. The van der Waals surface area contributed by atoms with Gasteiger partial charge in [-0.3, -0.25) is 4.79 Å². The highest BCUT2D eigenvalue weighted by Gasteiger charge is 2.33. The highest BCUT2D eigenvalue weighted by Crippen LogP contribution is 2.35. The van der Waals surface area contributed by atoms with Gasteiger partial charge in [0.05, 0.1) is 23.6 Å². The number of phenolic OH excluding ortho intramolecular Hbond substituents is 1. The van der Waals surface area contributed by atoms with Gasteiger partial charge in [0.2, 0.25) is 0 Å². The zero-order valence-corrected chi connectivity index (χ0v) is 20.2. The van der Waals surface area contributed by atoms with E-state index in [0.29, 0.717) is 10.2 Å². The summed E-state index contributed by atoms with van der Waals surface area (Å²) in [6.45, 7) is 6.09. The van der Waals surface area contributed by atoms with Gasteiger partial charge in [-0.05, 0) is 45.6 Å². The van der Waals surface area contributed by atoms with Gasteiger partial charge in [-0.2, -0.15) is 0 Å². The second-order valence-electron chi connectivity index (χ2n) is 8.21. The quantitative estimate of drug-likeness (QED) is 0.541. The van der Waals surface area contributed by atoms with Crippen LogP contribution < -0.4 is 10.6 Å². The summed E-state index contributed by atoms with van der Waals surface area (Å²) in [6.07, 6.45) is 1.58. The van der Waals surface area contributed by atoms with Crippen molar-refractivity contribution < 1.29 is 18.5 Å². The molecule has 11 heteroatoms. The van der Waals surface area contributed by atoms with Gasteiger partial charge in [-0.25, -0.2) is 4.21 Å². The number of amides is 1. The molecule has 2 atom stereocenters. The van der Waals surface area contributed by atoms with Crippen LogP contribution in [0.1, 0.15) is 42.9 Å². The Morgan fingerprint density at radius 3 is 2.48 bits per heavy atom. The molecule has 0 radical (unpaired) electrons. The first-order chi connectivity index (χ1) is 14.5. The molecule has 31 heavy (non-hydrogen) atoms. The van der Waals surface area contributed by atoms with Crippen LogP contribution in [0.4, 0.5) is 5.69 Å². The first-order valence-corrected chi connectivity index (χ1v) is 11.2. The molecule has 3 N–H and O–H groups in total. The van der Waals surface area contributed by atoms with Crippen molar-refractivity contribution >= 4 is 50.4 Å². The topological polar surface area (TPSA) is 120 Å². The van der Waals surface area contributed by atoms with E-state index < -0.39 is 11.2 Å². The van der Waals surface area contributed by atoms with Crippen molar-refractivity contribution in [2.45, 2.75) is 26.8 Å². The third kappa shape index (κ3) is 4.99. The summed E-state index contributed by atoms with van der Waals surface area (Å²) in [5, 5.41) is 16.9. The monoisotopic (exact) mass is 509 g/mol. The van der Waals surface area contributed by atoms with Gasteiger partial charge in [-0.15, -0.1) is 8.80 Å². The molecule has 1 amide bonds. The number of hydrogen-bond donors (Lipinski definition) is 3. The van der Waals surface area contributed by atoms with Crippen LogP contribution in [-0.4, -0.2) is 45.9 Å². The molecule has 2 aromatic rings. The van der Waals surface area contributed by atoms with Crippen molar-refractivity contribution in [3.63, 3.8) is 0 Å². The van der Waals surface area contributed by atoms with Gasteiger partial charge < -0.3 is 25.1 Å². The lowest BCUT2D eigenvalue weighted by Gasteiger charge is -2.30. The van der Waals surface area contributed by atoms with E-state index in [4.69, 9.17) is 4.42 Å². The summed E-state index contributed by atoms with van der Waals surface area (Å²) < 4.78 is 26.2. The zero-order valence-electron chi connectivity index (χ0n) is 17.8. The summed E-state index contributed by atoms with van der Waals surface area (Å²) >= 11 is 1.48. The molecule has 0 saturated heterocycles. The molecule has 0 aliphatic carbocycles. The molecule has 1 aromatic carbocycles. The maximum absolute atomic E-state index is 12.5. The Balaban J connectivity index is 1.91. The molecule has 166 valence electrons. The smallest absolute Gasteiger partial charge is 0.269 e. The van der Waals surface area contributed by atoms with Gasteiger partial charge in [-0.1, -0.05) is 20.8 Å². The van der Waals surface area contributed by atoms with Gasteiger partial charge in [0.15, 0.2) is 17.4 Å². The summed E-state index contributed by atoms with van der Waals surface area (Å²) in [6, 6.07) is 6.57. The fourth-order valence-electron chi connectivity index (χ4n) is 2.97. The number of nitrogens with one attached hydrogen (secondary N) is 2. The van der Waals surface area contributed by atoms with E-state index in [0.717, 1.165) is 0 Å². The minimum atomic E-state index is -1.82. The maximum Gasteiger partial charge on any atom is 0.269 e. The van der Waals surface area contributed by atoms with E-state index in [1.165, 1.54) is 4.90 Å². The standard InChI is InChI=1S/C20H24BrN5O4S/c1-20(2,3)16(13-7-6-10-30-13)23-18-17(24-31(29)25-18)22-12-9-8-11(21)14(15(12)27)19(28)26(4)5/h6-10,16,27H,1-5H3,(H,22,24)(H,23,25)/t16-,31?/m0/s1. The predicted molar refractivity (Wildman–Crippen MR) is 124 cm³/mol. The number of anilines is 1. The van der Waals surface area contributed by atoms with Gasteiger partial charge in [0.25, 0.3) is 17.1 Å². The molecule has 1 aliphatic rings. The lowest BCUT2D eigenvalue weighted by atomic mass is 9.85. The van der Waals surface area contributed by atoms with Crippen LogP contribution in [0.3, 0.4) is 0 Å². The zero-order chi connectivity index (χ0) is 22.9. The van der Waals surface area contributed by atoms with Crippen LogP contribution in [0.5, 0.6) is 5.75 Å². The van der Waals surface area contributed by atoms with Gasteiger partial charge >= 0.3 is 0 Å². The van der Waals surface area contributed by atoms with E-state index in [2.05, 4.69) is 35.4 Å². The number of aromatic hydroxyl groups is 1. The number of amidine groups is 2. The van der Waals surface area contributed by atoms with Crippen LogP contribution in [-0.2, 0) is 11.2 Å². The number of carbonyl (C=O) groups is 1. The molecule has 2 heterocycles. The van der Waals surface area contributed by atoms with E-state index >= 15 is 0 Å². The lowest BCUT2D eigenvalue weighted by Crippen LogP contribution is -2.41. The average molecular weight is 510 g/mol. The molecular weight excluding hydrogens is 486 g/mol. The van der Waals surface area contributed by atoms with Crippen LogP contribution in [0, 0.1) is 5.41 Å². The van der Waals surface area contributed by atoms with Gasteiger partial charge in [0, 0.05) is 18.6 Å². The van der Waals surface area contributed by atoms with Crippen molar-refractivity contribution in [1.82, 2.24) is 10.2 Å². The number of hydrogen-bond acceptors (Lipinski definition) is 6. The summed E-state index contributed by atoms with van der Waals surface area (Å²) in [5.41, 5.74) is 0.0656. The number of rotatable bonds is 4. The number of phenols is 1. The summed E-state index contributed by atoms with van der Waals surface area (Å²) in [7, 11) is 3.18. The minimum Gasteiger partial charge on any atom is -0.505 e. The van der Waals surface area contributed by atoms with Crippen LogP contribution >= 0.6 is 15.9 Å². The minimum absolute atomic E-state index is 0.101. The predicted octanol–water partition coefficient (Wildman–Crippen LogP) is 3.63. The van der Waals surface area contributed by atoms with Crippen molar-refractivity contribution in [1.29, 1.82) is 0 Å². The molecular formula is C20H24BrN5O4S. The second-order valence-corrected chi connectivity index (χ2v) is 9.89. The molecule has 3 rings (SSSR count). The Hall–Kier alpha value is -2.66. The second kappa shape index (κ2) is 8.83. The highest BCUT2D eigenvalue weighted by atomic mass is 79.9. The van der Waals surface area contributed by atoms with Gasteiger partial charge in [0.1, 0.15) is 5.76 Å². The Kier molecular flexibility index (Phi) is 6.56. The Morgan fingerprint density at radius 2 is 1.90 bits per heavy atom. The third-order valence-electron chi connectivity index (χ3n) is 4.54. The van der Waals surface area contributed by atoms with E-state index in [9.17, 15) is 14.1 Å². The Labute approximate surface area is 191 Å². The Bertz CT molecular complexity index is 1070. The normalized spacial score (nSPS) is 17.0. The molecule has 0 spiro atoms. The van der Waals surface area contributed by atoms with E-state index in [1.54, 1.807) is 38.6 Å². The van der Waals surface area contributed by atoms with E-state index in [1.807, 2.05) is 26.8 Å². The number of halogens is 1. The number of nitrogens with zero attached hydrogens (tertiary/aromatic N) is 3. The summed E-state index contributed by atoms with van der Waals surface area (Å²) in [4.78, 5) is 13.8. The van der Waals surface area contributed by atoms with Crippen molar-refractivity contribution in [3.05, 3.63) is 46.3 Å². The van der Waals surface area contributed by atoms with Crippen LogP contribution in [0.15, 0.2) is 48.2 Å². The molecule has 1 aromatic heterocycles. The Morgan fingerprint density at radius 1 is 1.23 bits per heavy atom. The largest absolute Gasteiger partial charge is 0.505 e. The molecule has 1 aliphatic heterocycles. The molecule has 0 saturated carbocycles. The molecule has 0 fully saturated rings. The number of benzene rings is 1. The van der Waals surface area contributed by atoms with Crippen molar-refractivity contribution in [2.24, 2.45) is 14.2 Å². The van der Waals surface area contributed by atoms with Crippen molar-refractivity contribution in [3.8, 4) is 5.75 Å². The fraction of sp³-hybridized carbons (Fsp3) is 0.350. The number of carbonyl (C=O) groups excluding carboxylic acids is 1.